The van der Waals surface area contributed by atoms with E-state index in [-0.39, 0.29) is 30.3 Å². The molecular formula is C14H19N3O2. The van der Waals surface area contributed by atoms with Crippen LogP contribution in [0.4, 0.5) is 5.69 Å². The molecule has 0 bridgehead atoms. The Labute approximate surface area is 112 Å². The highest BCUT2D eigenvalue weighted by atomic mass is 16.2. The van der Waals surface area contributed by atoms with Crippen molar-refractivity contribution in [1.29, 1.82) is 0 Å². The summed E-state index contributed by atoms with van der Waals surface area (Å²) in [5.41, 5.74) is 2.00. The first kappa shape index (κ1) is 13.4. The second kappa shape index (κ2) is 5.73. The summed E-state index contributed by atoms with van der Waals surface area (Å²) in [6, 6.07) is 8.05. The van der Waals surface area contributed by atoms with Gasteiger partial charge in [0.25, 0.3) is 0 Å². The predicted octanol–water partition coefficient (Wildman–Crippen LogP) is 0.836. The maximum absolute atomic E-state index is 12.2. The van der Waals surface area contributed by atoms with Gasteiger partial charge < -0.3 is 16.0 Å². The van der Waals surface area contributed by atoms with E-state index < -0.39 is 0 Å². The van der Waals surface area contributed by atoms with E-state index in [2.05, 4.69) is 22.9 Å². The molecule has 0 aliphatic carbocycles. The molecule has 2 atom stereocenters. The molecule has 0 saturated carbocycles. The molecular weight excluding hydrogens is 242 g/mol. The number of carbonyl (C=O) groups is 2. The quantitative estimate of drug-likeness (QED) is 0.755. The molecule has 2 rings (SSSR count). The number of rotatable bonds is 3. The number of hydrogen-bond donors (Lipinski definition) is 3. The average molecular weight is 261 g/mol. The molecule has 3 N–H and O–H groups in total. The lowest BCUT2D eigenvalue weighted by molar-refractivity contribution is -0.126. The minimum atomic E-state index is -0.197. The highest BCUT2D eigenvalue weighted by Crippen LogP contribution is 2.33. The lowest BCUT2D eigenvalue weighted by Crippen LogP contribution is -2.40. The van der Waals surface area contributed by atoms with Crippen molar-refractivity contribution in [3.8, 4) is 0 Å². The van der Waals surface area contributed by atoms with Crippen molar-refractivity contribution < 1.29 is 9.59 Å². The molecule has 0 spiro atoms. The Morgan fingerprint density at radius 1 is 1.37 bits per heavy atom. The molecule has 19 heavy (non-hydrogen) atoms. The molecule has 1 aromatic carbocycles. The number of benzene rings is 1. The number of anilines is 1. The summed E-state index contributed by atoms with van der Waals surface area (Å²) >= 11 is 0. The molecule has 0 radical (unpaired) electrons. The topological polar surface area (TPSA) is 70.2 Å². The van der Waals surface area contributed by atoms with Gasteiger partial charge in [-0.15, -0.1) is 0 Å². The fourth-order valence-electron chi connectivity index (χ4n) is 2.36. The van der Waals surface area contributed by atoms with Gasteiger partial charge in [-0.3, -0.25) is 9.59 Å². The predicted molar refractivity (Wildman–Crippen MR) is 74.0 cm³/mol. The third-order valence-corrected chi connectivity index (χ3v) is 3.35. The van der Waals surface area contributed by atoms with E-state index >= 15 is 0 Å². The second-order valence-electron chi connectivity index (χ2n) is 4.81. The minimum Gasteiger partial charge on any atom is -0.382 e. The summed E-state index contributed by atoms with van der Waals surface area (Å²) in [5.74, 6) is -0.481. The molecule has 1 aliphatic rings. The molecule has 102 valence electrons. The Balaban J connectivity index is 2.11. The van der Waals surface area contributed by atoms with Gasteiger partial charge in [-0.2, -0.15) is 0 Å². The summed E-state index contributed by atoms with van der Waals surface area (Å²) in [4.78, 5) is 23.4. The van der Waals surface area contributed by atoms with Crippen LogP contribution in [0.5, 0.6) is 0 Å². The van der Waals surface area contributed by atoms with Gasteiger partial charge in [0.05, 0.1) is 12.5 Å². The number of amides is 2. The van der Waals surface area contributed by atoms with Gasteiger partial charge in [0.1, 0.15) is 0 Å². The van der Waals surface area contributed by atoms with Gasteiger partial charge in [-0.1, -0.05) is 18.2 Å². The van der Waals surface area contributed by atoms with E-state index in [1.54, 1.807) is 7.05 Å². The summed E-state index contributed by atoms with van der Waals surface area (Å²) in [5, 5.41) is 8.53. The van der Waals surface area contributed by atoms with Crippen LogP contribution in [0.3, 0.4) is 0 Å². The van der Waals surface area contributed by atoms with Gasteiger partial charge >= 0.3 is 0 Å². The Bertz CT molecular complexity index is 487. The van der Waals surface area contributed by atoms with Crippen LogP contribution in [0.2, 0.25) is 0 Å². The zero-order chi connectivity index (χ0) is 13.8. The largest absolute Gasteiger partial charge is 0.382 e. The lowest BCUT2D eigenvalue weighted by atomic mass is 9.87. The zero-order valence-corrected chi connectivity index (χ0v) is 11.2. The fraction of sp³-hybridized carbons (Fsp3) is 0.429. The van der Waals surface area contributed by atoms with Crippen LogP contribution in [0.1, 0.15) is 24.8 Å². The molecule has 1 aromatic rings. The van der Waals surface area contributed by atoms with E-state index in [9.17, 15) is 9.59 Å². The number of fused-ring (bicyclic) bond motifs is 1. The maximum Gasteiger partial charge on any atom is 0.239 e. The number of hydrogen-bond acceptors (Lipinski definition) is 3. The Kier molecular flexibility index (Phi) is 4.04. The first-order valence-electron chi connectivity index (χ1n) is 6.45. The Morgan fingerprint density at radius 2 is 2.11 bits per heavy atom. The van der Waals surface area contributed by atoms with E-state index in [1.807, 2.05) is 24.3 Å². The lowest BCUT2D eigenvalue weighted by Gasteiger charge is -2.30. The molecule has 0 aromatic heterocycles. The SMILES string of the molecule is CNC(=O)CNC(=O)C1CC(C)Nc2ccccc21. The van der Waals surface area contributed by atoms with E-state index in [0.717, 1.165) is 17.7 Å². The molecule has 2 unspecified atom stereocenters. The smallest absolute Gasteiger partial charge is 0.239 e. The fourth-order valence-corrected chi connectivity index (χ4v) is 2.36. The molecule has 0 fully saturated rings. The second-order valence-corrected chi connectivity index (χ2v) is 4.81. The summed E-state index contributed by atoms with van der Waals surface area (Å²) in [7, 11) is 1.55. The van der Waals surface area contributed by atoms with Gasteiger partial charge in [-0.05, 0) is 25.0 Å². The van der Waals surface area contributed by atoms with Crippen LogP contribution < -0.4 is 16.0 Å². The van der Waals surface area contributed by atoms with Crippen molar-refractivity contribution in [2.24, 2.45) is 0 Å². The highest BCUT2D eigenvalue weighted by Gasteiger charge is 2.29. The summed E-state index contributed by atoms with van der Waals surface area (Å²) < 4.78 is 0. The van der Waals surface area contributed by atoms with Crippen molar-refractivity contribution in [2.75, 3.05) is 18.9 Å². The average Bonchev–Trinajstić information content (AvgIpc) is 2.43. The van der Waals surface area contributed by atoms with Crippen molar-refractivity contribution in [3.05, 3.63) is 29.8 Å². The van der Waals surface area contributed by atoms with E-state index in [1.165, 1.54) is 0 Å². The van der Waals surface area contributed by atoms with Crippen molar-refractivity contribution in [2.45, 2.75) is 25.3 Å². The van der Waals surface area contributed by atoms with Gasteiger partial charge in [-0.25, -0.2) is 0 Å². The minimum absolute atomic E-state index is 0.0236. The maximum atomic E-state index is 12.2. The van der Waals surface area contributed by atoms with E-state index in [4.69, 9.17) is 0 Å². The molecule has 1 heterocycles. The van der Waals surface area contributed by atoms with Gasteiger partial charge in [0.2, 0.25) is 11.8 Å². The number of nitrogens with one attached hydrogen (secondary N) is 3. The molecule has 1 aliphatic heterocycles. The monoisotopic (exact) mass is 261 g/mol. The van der Waals surface area contributed by atoms with Gasteiger partial charge in [0, 0.05) is 18.8 Å². The van der Waals surface area contributed by atoms with Crippen molar-refractivity contribution in [1.82, 2.24) is 10.6 Å². The Hall–Kier alpha value is -2.04. The highest BCUT2D eigenvalue weighted by molar-refractivity contribution is 5.90. The molecule has 5 heteroatoms. The summed E-state index contributed by atoms with van der Waals surface area (Å²) in [6.45, 7) is 2.07. The normalized spacial score (nSPS) is 20.9. The third-order valence-electron chi connectivity index (χ3n) is 3.35. The van der Waals surface area contributed by atoms with Crippen molar-refractivity contribution >= 4 is 17.5 Å². The number of carbonyl (C=O) groups excluding carboxylic acids is 2. The molecule has 5 nitrogen and oxygen atoms in total. The first-order valence-corrected chi connectivity index (χ1v) is 6.45. The van der Waals surface area contributed by atoms with Crippen LogP contribution in [-0.4, -0.2) is 31.4 Å². The third kappa shape index (κ3) is 3.05. The van der Waals surface area contributed by atoms with Crippen LogP contribution in [-0.2, 0) is 9.59 Å². The molecule has 0 saturated heterocycles. The van der Waals surface area contributed by atoms with Crippen LogP contribution in [0, 0.1) is 0 Å². The van der Waals surface area contributed by atoms with Crippen molar-refractivity contribution in [3.63, 3.8) is 0 Å². The van der Waals surface area contributed by atoms with Crippen LogP contribution in [0.25, 0.3) is 0 Å². The van der Waals surface area contributed by atoms with Crippen LogP contribution >= 0.6 is 0 Å². The van der Waals surface area contributed by atoms with Gasteiger partial charge in [0.15, 0.2) is 0 Å². The zero-order valence-electron chi connectivity index (χ0n) is 11.2. The number of para-hydroxylation sites is 1. The number of likely N-dealkylation sites (N-methyl/N-ethyl adjacent to an activating group) is 1. The summed E-state index contributed by atoms with van der Waals surface area (Å²) in [6.07, 6.45) is 0.733. The first-order chi connectivity index (χ1) is 9.11. The van der Waals surface area contributed by atoms with E-state index in [0.29, 0.717) is 0 Å². The molecule has 2 amide bonds. The van der Waals surface area contributed by atoms with Crippen LogP contribution in [0.15, 0.2) is 24.3 Å². The Morgan fingerprint density at radius 3 is 2.84 bits per heavy atom. The standard InChI is InChI=1S/C14H19N3O2/c1-9-7-11(14(19)16-8-13(18)15-2)10-5-3-4-6-12(10)17-9/h3-6,9,11,17H,7-8H2,1-2H3,(H,15,18)(H,16,19).